The minimum Gasteiger partial charge on any atom is -0.455 e. The van der Waals surface area contributed by atoms with Crippen molar-refractivity contribution in [2.24, 2.45) is 0 Å². The Bertz CT molecular complexity index is 2550. The highest BCUT2D eigenvalue weighted by atomic mass is 16.3. The van der Waals surface area contributed by atoms with Crippen LogP contribution in [-0.4, -0.2) is 4.98 Å². The largest absolute Gasteiger partial charge is 0.455 e. The van der Waals surface area contributed by atoms with Gasteiger partial charge in [-0.2, -0.15) is 0 Å². The van der Waals surface area contributed by atoms with Crippen LogP contribution in [0.5, 0.6) is 0 Å². The van der Waals surface area contributed by atoms with E-state index in [9.17, 15) is 0 Å². The number of nitrogens with one attached hydrogen (secondary N) is 1. The Kier molecular flexibility index (Phi) is 4.21. The number of aromatic nitrogens is 1. The number of hydrogen-bond donors (Lipinski definition) is 1. The van der Waals surface area contributed by atoms with Crippen molar-refractivity contribution < 1.29 is 4.42 Å². The Labute approximate surface area is 241 Å². The molecule has 2 nitrogen and oxygen atoms in total. The fourth-order valence-electron chi connectivity index (χ4n) is 7.33. The van der Waals surface area contributed by atoms with Crippen molar-refractivity contribution in [3.63, 3.8) is 0 Å². The van der Waals surface area contributed by atoms with Crippen LogP contribution in [0.2, 0.25) is 0 Å². The van der Waals surface area contributed by atoms with Gasteiger partial charge >= 0.3 is 0 Å². The van der Waals surface area contributed by atoms with Gasteiger partial charge in [0.2, 0.25) is 0 Å². The normalized spacial score (nSPS) is 12.3. The number of fused-ring (bicyclic) bond motifs is 9. The molecule has 9 aromatic rings. The van der Waals surface area contributed by atoms with Gasteiger partial charge in [-0.25, -0.2) is 0 Å². The lowest BCUT2D eigenvalue weighted by Crippen LogP contribution is -1.85. The van der Waals surface area contributed by atoms with Gasteiger partial charge in [0.05, 0.1) is 5.52 Å². The summed E-state index contributed by atoms with van der Waals surface area (Å²) in [6.45, 7) is 0. The van der Waals surface area contributed by atoms with Gasteiger partial charge < -0.3 is 9.40 Å². The molecule has 1 aliphatic rings. The molecule has 7 aromatic carbocycles. The van der Waals surface area contributed by atoms with Gasteiger partial charge in [0.1, 0.15) is 11.2 Å². The molecule has 0 bridgehead atoms. The number of hydrogen-bond acceptors (Lipinski definition) is 1. The van der Waals surface area contributed by atoms with Crippen LogP contribution in [0, 0.1) is 0 Å². The Hall–Kier alpha value is -5.60. The van der Waals surface area contributed by atoms with E-state index in [0.29, 0.717) is 0 Å². The molecule has 1 aliphatic carbocycles. The van der Waals surface area contributed by atoms with Gasteiger partial charge in [0.15, 0.2) is 0 Å². The van der Waals surface area contributed by atoms with Crippen LogP contribution in [-0.2, 0) is 0 Å². The first-order chi connectivity index (χ1) is 20.8. The Morgan fingerprint density at radius 2 is 1.05 bits per heavy atom. The second-order valence-electron chi connectivity index (χ2n) is 11.3. The summed E-state index contributed by atoms with van der Waals surface area (Å²) in [5, 5.41) is 7.40. The zero-order valence-electron chi connectivity index (χ0n) is 22.6. The molecule has 194 valence electrons. The molecule has 0 saturated carbocycles. The number of para-hydroxylation sites is 3. The molecule has 1 N–H and O–H groups in total. The Balaban J connectivity index is 1.19. The van der Waals surface area contributed by atoms with Crippen LogP contribution >= 0.6 is 0 Å². The van der Waals surface area contributed by atoms with Crippen molar-refractivity contribution in [2.75, 3.05) is 0 Å². The molecular weight excluding hydrogens is 510 g/mol. The number of rotatable bonds is 2. The molecule has 2 heteroatoms. The zero-order valence-corrected chi connectivity index (χ0v) is 22.6. The highest BCUT2D eigenvalue weighted by Crippen LogP contribution is 2.50. The van der Waals surface area contributed by atoms with E-state index in [-0.39, 0.29) is 0 Å². The molecule has 0 radical (unpaired) electrons. The SMILES string of the molecule is c1ccc2c(c1)-c1cccc3c(-c4cccc5c4[nH]c4ccc(-c6cccc7c6oc6ccccc67)cc45)ccc-2c13. The summed E-state index contributed by atoms with van der Waals surface area (Å²) in [6.07, 6.45) is 0. The summed E-state index contributed by atoms with van der Waals surface area (Å²) in [7, 11) is 0. The second kappa shape index (κ2) is 7.99. The molecule has 10 rings (SSSR count). The molecule has 0 fully saturated rings. The average molecular weight is 534 g/mol. The standard InChI is InChI=1S/C40H23NO/c1-2-9-26-25(8-1)29-12-6-13-30-27(19-20-31(26)38(29)30)32-14-7-15-33-35-22-23(18-21-36(35)41-39(32)33)24-11-5-16-34-28-10-3-4-17-37(28)42-40(24)34/h1-22,41H. The van der Waals surface area contributed by atoms with Crippen LogP contribution in [0.25, 0.3) is 99.0 Å². The van der Waals surface area contributed by atoms with E-state index < -0.39 is 0 Å². The van der Waals surface area contributed by atoms with Crippen molar-refractivity contribution in [2.45, 2.75) is 0 Å². The minimum absolute atomic E-state index is 0.922. The van der Waals surface area contributed by atoms with Gasteiger partial charge in [0.25, 0.3) is 0 Å². The first-order valence-electron chi connectivity index (χ1n) is 14.4. The number of benzene rings is 7. The molecule has 2 aromatic heterocycles. The highest BCUT2D eigenvalue weighted by molar-refractivity contribution is 6.21. The maximum Gasteiger partial charge on any atom is 0.143 e. The lowest BCUT2D eigenvalue weighted by atomic mass is 9.93. The Morgan fingerprint density at radius 1 is 0.405 bits per heavy atom. The topological polar surface area (TPSA) is 28.9 Å². The summed E-state index contributed by atoms with van der Waals surface area (Å²) in [5.74, 6) is 0. The molecule has 0 aliphatic heterocycles. The third-order valence-corrected chi connectivity index (χ3v) is 9.19. The first kappa shape index (κ1) is 22.1. The number of aromatic amines is 1. The Morgan fingerprint density at radius 3 is 1.93 bits per heavy atom. The molecular formula is C40H23NO. The number of furan rings is 1. The molecule has 0 spiro atoms. The van der Waals surface area contributed by atoms with Crippen LogP contribution < -0.4 is 0 Å². The second-order valence-corrected chi connectivity index (χ2v) is 11.3. The third-order valence-electron chi connectivity index (χ3n) is 9.19. The lowest BCUT2D eigenvalue weighted by molar-refractivity contribution is 0.670. The summed E-state index contributed by atoms with van der Waals surface area (Å²) in [5.41, 5.74) is 14.2. The van der Waals surface area contributed by atoms with Crippen LogP contribution in [0.1, 0.15) is 0 Å². The third kappa shape index (κ3) is 2.83. The van der Waals surface area contributed by atoms with Crippen LogP contribution in [0.3, 0.4) is 0 Å². The van der Waals surface area contributed by atoms with Crippen LogP contribution in [0.4, 0.5) is 0 Å². The zero-order chi connectivity index (χ0) is 27.4. The maximum atomic E-state index is 6.38. The van der Waals surface area contributed by atoms with E-state index in [4.69, 9.17) is 4.42 Å². The van der Waals surface area contributed by atoms with E-state index in [1.165, 1.54) is 60.4 Å². The fourth-order valence-corrected chi connectivity index (χ4v) is 7.33. The van der Waals surface area contributed by atoms with Gasteiger partial charge in [-0.1, -0.05) is 115 Å². The van der Waals surface area contributed by atoms with E-state index in [2.05, 4.69) is 126 Å². The first-order valence-corrected chi connectivity index (χ1v) is 14.4. The van der Waals surface area contributed by atoms with Gasteiger partial charge in [-0.05, 0) is 62.4 Å². The van der Waals surface area contributed by atoms with E-state index >= 15 is 0 Å². The van der Waals surface area contributed by atoms with Gasteiger partial charge in [-0.3, -0.25) is 0 Å². The van der Waals surface area contributed by atoms with E-state index in [0.717, 1.165) is 38.6 Å². The van der Waals surface area contributed by atoms with Crippen molar-refractivity contribution in [1.82, 2.24) is 4.98 Å². The molecule has 0 saturated heterocycles. The maximum absolute atomic E-state index is 6.38. The minimum atomic E-state index is 0.922. The number of H-pyrrole nitrogens is 1. The molecule has 0 atom stereocenters. The monoisotopic (exact) mass is 533 g/mol. The predicted octanol–water partition coefficient (Wildman–Crippen LogP) is 11.4. The predicted molar refractivity (Wildman–Crippen MR) is 176 cm³/mol. The average Bonchev–Trinajstić information content (AvgIpc) is 3.72. The van der Waals surface area contributed by atoms with Crippen molar-refractivity contribution >= 4 is 54.5 Å². The smallest absolute Gasteiger partial charge is 0.143 e. The summed E-state index contributed by atoms with van der Waals surface area (Å²) in [6, 6.07) is 48.2. The molecule has 0 unspecified atom stereocenters. The summed E-state index contributed by atoms with van der Waals surface area (Å²) < 4.78 is 6.38. The molecule has 42 heavy (non-hydrogen) atoms. The highest BCUT2D eigenvalue weighted by Gasteiger charge is 2.23. The van der Waals surface area contributed by atoms with E-state index in [1.807, 2.05) is 12.1 Å². The molecule has 0 amide bonds. The van der Waals surface area contributed by atoms with Gasteiger partial charge in [-0.15, -0.1) is 0 Å². The molecule has 2 heterocycles. The summed E-state index contributed by atoms with van der Waals surface area (Å²) >= 11 is 0. The van der Waals surface area contributed by atoms with Crippen molar-refractivity contribution in [3.8, 4) is 44.5 Å². The van der Waals surface area contributed by atoms with Crippen molar-refractivity contribution in [3.05, 3.63) is 133 Å². The van der Waals surface area contributed by atoms with Crippen molar-refractivity contribution in [1.29, 1.82) is 0 Å². The fraction of sp³-hybridized carbons (Fsp3) is 0. The van der Waals surface area contributed by atoms with E-state index in [1.54, 1.807) is 0 Å². The quantitative estimate of drug-likeness (QED) is 0.235. The van der Waals surface area contributed by atoms with Gasteiger partial charge in [0, 0.05) is 38.2 Å². The lowest BCUT2D eigenvalue weighted by Gasteiger charge is -2.11. The van der Waals surface area contributed by atoms with Crippen LogP contribution in [0.15, 0.2) is 138 Å². The summed E-state index contributed by atoms with van der Waals surface area (Å²) in [4.78, 5) is 3.79.